The van der Waals surface area contributed by atoms with E-state index in [4.69, 9.17) is 16.6 Å². The molecule has 3 aliphatic heterocycles. The Kier molecular flexibility index (Phi) is 8.65. The highest BCUT2D eigenvalue weighted by atomic mass is 35.5. The third kappa shape index (κ3) is 6.58. The van der Waals surface area contributed by atoms with Gasteiger partial charge in [-0.15, -0.1) is 0 Å². The molecular formula is C36H38ClN7O3. The molecule has 3 N–H and O–H groups in total. The van der Waals surface area contributed by atoms with E-state index in [1.807, 2.05) is 41.3 Å². The second kappa shape index (κ2) is 13.0. The van der Waals surface area contributed by atoms with Crippen molar-refractivity contribution in [2.75, 3.05) is 42.9 Å². The van der Waals surface area contributed by atoms with E-state index < -0.39 is 11.0 Å². The van der Waals surface area contributed by atoms with Gasteiger partial charge in [0.2, 0.25) is 17.8 Å². The van der Waals surface area contributed by atoms with Crippen LogP contribution in [0.25, 0.3) is 22.4 Å². The van der Waals surface area contributed by atoms with Crippen LogP contribution < -0.4 is 15.5 Å². The molecule has 4 aromatic rings. The van der Waals surface area contributed by atoms with Gasteiger partial charge in [0.15, 0.2) is 0 Å². The lowest BCUT2D eigenvalue weighted by molar-refractivity contribution is -0.142. The van der Waals surface area contributed by atoms with Gasteiger partial charge in [0.05, 0.1) is 58.1 Å². The third-order valence-electron chi connectivity index (χ3n) is 9.88. The number of hydrogen-bond acceptors (Lipinski definition) is 8. The first-order valence-electron chi connectivity index (χ1n) is 16.2. The quantitative estimate of drug-likeness (QED) is 0.241. The first kappa shape index (κ1) is 31.2. The molecule has 47 heavy (non-hydrogen) atoms. The second-order valence-corrected chi connectivity index (χ2v) is 13.3. The van der Waals surface area contributed by atoms with Crippen LogP contribution in [0.3, 0.4) is 0 Å². The Balaban J connectivity index is 1.02. The summed E-state index contributed by atoms with van der Waals surface area (Å²) in [6.07, 6.45) is 8.23. The number of carbonyl (C=O) groups is 2. The lowest BCUT2D eigenvalue weighted by Gasteiger charge is -2.40. The molecule has 0 bridgehead atoms. The van der Waals surface area contributed by atoms with Crippen LogP contribution >= 0.6 is 11.6 Å². The zero-order chi connectivity index (χ0) is 32.4. The number of anilines is 3. The fraction of sp³-hybridized carbons (Fsp3) is 0.361. The van der Waals surface area contributed by atoms with Crippen molar-refractivity contribution in [2.45, 2.75) is 44.1 Å². The van der Waals surface area contributed by atoms with Crippen molar-refractivity contribution < 1.29 is 14.7 Å². The summed E-state index contributed by atoms with van der Waals surface area (Å²) in [5.41, 5.74) is 3.57. The fourth-order valence-corrected chi connectivity index (χ4v) is 7.26. The van der Waals surface area contributed by atoms with Crippen LogP contribution in [-0.4, -0.2) is 75.1 Å². The van der Waals surface area contributed by atoms with Crippen molar-refractivity contribution in [3.63, 3.8) is 0 Å². The van der Waals surface area contributed by atoms with Gasteiger partial charge in [-0.3, -0.25) is 14.6 Å². The maximum atomic E-state index is 13.9. The number of benzene rings is 2. The highest BCUT2D eigenvalue weighted by molar-refractivity contribution is 6.33. The highest BCUT2D eigenvalue weighted by Crippen LogP contribution is 2.44. The predicted octanol–water partition coefficient (Wildman–Crippen LogP) is 5.45. The molecular weight excluding hydrogens is 614 g/mol. The number of aromatic nitrogens is 3. The van der Waals surface area contributed by atoms with Crippen molar-refractivity contribution >= 4 is 40.7 Å². The van der Waals surface area contributed by atoms with Crippen molar-refractivity contribution in [3.8, 4) is 22.4 Å². The molecule has 5 heterocycles. The van der Waals surface area contributed by atoms with E-state index >= 15 is 0 Å². The normalized spacial score (nSPS) is 18.8. The molecule has 0 unspecified atom stereocenters. The smallest absolute Gasteiger partial charge is 0.233 e. The number of pyridine rings is 1. The number of nitrogens with zero attached hydrogens (tertiary/aromatic N) is 5. The number of likely N-dealkylation sites (tertiary alicyclic amines) is 1. The summed E-state index contributed by atoms with van der Waals surface area (Å²) < 4.78 is 0. The Morgan fingerprint density at radius 2 is 1.62 bits per heavy atom. The van der Waals surface area contributed by atoms with Crippen LogP contribution in [-0.2, 0) is 9.59 Å². The lowest BCUT2D eigenvalue weighted by atomic mass is 9.77. The fourth-order valence-electron chi connectivity index (χ4n) is 7.06. The zero-order valence-electron chi connectivity index (χ0n) is 26.2. The minimum atomic E-state index is -0.935. The number of rotatable bonds is 7. The van der Waals surface area contributed by atoms with Crippen LogP contribution in [0.1, 0.15) is 38.5 Å². The number of amides is 2. The Labute approximate surface area is 279 Å². The summed E-state index contributed by atoms with van der Waals surface area (Å²) in [4.78, 5) is 44.1. The number of halogens is 1. The number of carbonyl (C=O) groups excluding carboxylic acids is 2. The van der Waals surface area contributed by atoms with Gasteiger partial charge in [-0.05, 0) is 68.5 Å². The van der Waals surface area contributed by atoms with Crippen molar-refractivity contribution in [3.05, 3.63) is 84.3 Å². The summed E-state index contributed by atoms with van der Waals surface area (Å²) in [5.74, 6) is 0.415. The van der Waals surface area contributed by atoms with Gasteiger partial charge in [0, 0.05) is 25.2 Å². The minimum absolute atomic E-state index is 0.0222. The van der Waals surface area contributed by atoms with E-state index in [9.17, 15) is 14.7 Å². The van der Waals surface area contributed by atoms with Crippen LogP contribution in [0.5, 0.6) is 0 Å². The summed E-state index contributed by atoms with van der Waals surface area (Å²) in [7, 11) is 0. The van der Waals surface area contributed by atoms with Crippen LogP contribution in [0.2, 0.25) is 5.02 Å². The first-order valence-corrected chi connectivity index (χ1v) is 16.6. The maximum Gasteiger partial charge on any atom is 0.233 e. The van der Waals surface area contributed by atoms with Gasteiger partial charge in [-0.1, -0.05) is 60.1 Å². The molecule has 0 aliphatic carbocycles. The summed E-state index contributed by atoms with van der Waals surface area (Å²) in [6.45, 7) is 3.08. The monoisotopic (exact) mass is 651 g/mol. The molecule has 0 saturated carbocycles. The minimum Gasteiger partial charge on any atom is -0.389 e. The van der Waals surface area contributed by atoms with E-state index in [1.165, 1.54) is 0 Å². The summed E-state index contributed by atoms with van der Waals surface area (Å²) in [5, 5.41) is 17.8. The van der Waals surface area contributed by atoms with E-state index in [2.05, 4.69) is 44.9 Å². The molecule has 0 atom stereocenters. The molecule has 3 saturated heterocycles. The first-order chi connectivity index (χ1) is 22.8. The highest BCUT2D eigenvalue weighted by Gasteiger charge is 2.49. The van der Waals surface area contributed by atoms with Crippen molar-refractivity contribution in [1.29, 1.82) is 0 Å². The standard InChI is InChI=1S/C36H38ClN7O3/c37-30-24-40-34(42-32(30)27-8-4-7-26(19-27)25-5-2-1-3-6-25)41-28-20-29(23-39-22-28)44-18-13-35(33(44)46)11-16-43(17-12-35)31(45)21-36(47)9-14-38-15-10-36/h1-8,19-20,22-24,38,47H,9-18,21H2,(H,40,41,42). The molecule has 242 valence electrons. The second-order valence-electron chi connectivity index (χ2n) is 12.9. The van der Waals surface area contributed by atoms with E-state index in [0.29, 0.717) is 73.4 Å². The van der Waals surface area contributed by atoms with Crippen LogP contribution in [0, 0.1) is 5.41 Å². The van der Waals surface area contributed by atoms with E-state index in [1.54, 1.807) is 23.5 Å². The molecule has 11 heteroatoms. The number of piperidine rings is 2. The van der Waals surface area contributed by atoms with Gasteiger partial charge in [0.25, 0.3) is 0 Å². The molecule has 2 aromatic carbocycles. The SMILES string of the molecule is O=C(CC1(O)CCNCC1)N1CCC2(CC1)CCN(c1cncc(Nc3ncc(Cl)c(-c4cccc(-c5ccccc5)c4)n3)c1)C2=O. The largest absolute Gasteiger partial charge is 0.389 e. The van der Waals surface area contributed by atoms with Gasteiger partial charge in [-0.2, -0.15) is 0 Å². The van der Waals surface area contributed by atoms with Crippen molar-refractivity contribution in [1.82, 2.24) is 25.2 Å². The summed E-state index contributed by atoms with van der Waals surface area (Å²) >= 11 is 6.56. The third-order valence-corrected chi connectivity index (χ3v) is 10.2. The predicted molar refractivity (Wildman–Crippen MR) is 182 cm³/mol. The Morgan fingerprint density at radius 1 is 0.894 bits per heavy atom. The Hall–Kier alpha value is -4.38. The molecule has 1 spiro atoms. The van der Waals surface area contributed by atoms with E-state index in [-0.39, 0.29) is 18.2 Å². The average molecular weight is 652 g/mol. The van der Waals surface area contributed by atoms with Gasteiger partial charge in [-0.25, -0.2) is 9.97 Å². The zero-order valence-corrected chi connectivity index (χ0v) is 26.9. The molecule has 2 amide bonds. The number of nitrogens with one attached hydrogen (secondary N) is 2. The molecule has 3 aliphatic rings. The van der Waals surface area contributed by atoms with Crippen LogP contribution in [0.15, 0.2) is 79.3 Å². The maximum absolute atomic E-state index is 13.9. The topological polar surface area (TPSA) is 124 Å². The molecule has 2 aromatic heterocycles. The molecule has 0 radical (unpaired) electrons. The summed E-state index contributed by atoms with van der Waals surface area (Å²) in [6, 6.07) is 20.1. The number of hydrogen-bond donors (Lipinski definition) is 3. The van der Waals surface area contributed by atoms with Crippen LogP contribution in [0.4, 0.5) is 17.3 Å². The van der Waals surface area contributed by atoms with Gasteiger partial charge < -0.3 is 25.5 Å². The van der Waals surface area contributed by atoms with Crippen molar-refractivity contribution in [2.24, 2.45) is 5.41 Å². The lowest BCUT2D eigenvalue weighted by Crippen LogP contribution is -2.50. The Bertz CT molecular complexity index is 1770. The van der Waals surface area contributed by atoms with Gasteiger partial charge >= 0.3 is 0 Å². The van der Waals surface area contributed by atoms with Gasteiger partial charge in [0.1, 0.15) is 0 Å². The number of aliphatic hydroxyl groups is 1. The van der Waals surface area contributed by atoms with E-state index in [0.717, 1.165) is 36.2 Å². The molecule has 3 fully saturated rings. The molecule has 7 rings (SSSR count). The molecule has 10 nitrogen and oxygen atoms in total. The Morgan fingerprint density at radius 3 is 2.40 bits per heavy atom. The average Bonchev–Trinajstić information content (AvgIpc) is 3.41.